The molecule has 0 heterocycles. The van der Waals surface area contributed by atoms with E-state index in [1.807, 2.05) is 32.0 Å². The number of carboxylic acids is 1. The molecular weight excluding hydrogens is 320 g/mol. The highest BCUT2D eigenvalue weighted by molar-refractivity contribution is 6.04. The molecule has 130 valence electrons. The van der Waals surface area contributed by atoms with Crippen molar-refractivity contribution in [3.8, 4) is 0 Å². The Morgan fingerprint density at radius 3 is 2.08 bits per heavy atom. The monoisotopic (exact) mass is 340 g/mol. The molecule has 0 saturated heterocycles. The van der Waals surface area contributed by atoms with Gasteiger partial charge in [0, 0.05) is 23.4 Å². The number of nitrogens with one attached hydrogen (secondary N) is 2. The minimum Gasteiger partial charge on any atom is -0.481 e. The van der Waals surface area contributed by atoms with Crippen molar-refractivity contribution in [2.75, 3.05) is 10.6 Å². The molecule has 2 aromatic rings. The molecule has 0 saturated carbocycles. The van der Waals surface area contributed by atoms with Crippen molar-refractivity contribution in [3.63, 3.8) is 0 Å². The number of aryl methyl sites for hydroxylation is 2. The molecule has 0 atom stereocenters. The zero-order valence-corrected chi connectivity index (χ0v) is 14.1. The highest BCUT2D eigenvalue weighted by Gasteiger charge is 2.09. The van der Waals surface area contributed by atoms with Crippen LogP contribution in [0.3, 0.4) is 0 Å². The lowest BCUT2D eigenvalue weighted by Gasteiger charge is -2.09. The van der Waals surface area contributed by atoms with Gasteiger partial charge in [0.2, 0.25) is 5.91 Å². The van der Waals surface area contributed by atoms with E-state index in [9.17, 15) is 14.4 Å². The van der Waals surface area contributed by atoms with E-state index in [0.29, 0.717) is 11.3 Å². The third-order valence-corrected chi connectivity index (χ3v) is 3.76. The average Bonchev–Trinajstić information content (AvgIpc) is 2.57. The van der Waals surface area contributed by atoms with E-state index in [0.717, 1.165) is 16.8 Å². The fraction of sp³-hybridized carbons (Fsp3) is 0.211. The molecule has 25 heavy (non-hydrogen) atoms. The van der Waals surface area contributed by atoms with Crippen LogP contribution in [-0.2, 0) is 9.59 Å². The van der Waals surface area contributed by atoms with Gasteiger partial charge in [0.25, 0.3) is 5.91 Å². The second-order valence-corrected chi connectivity index (χ2v) is 5.77. The summed E-state index contributed by atoms with van der Waals surface area (Å²) in [7, 11) is 0. The van der Waals surface area contributed by atoms with E-state index in [1.165, 1.54) is 0 Å². The maximum absolute atomic E-state index is 12.3. The molecule has 0 fully saturated rings. The molecule has 0 radical (unpaired) electrons. The van der Waals surface area contributed by atoms with Crippen LogP contribution in [0.5, 0.6) is 0 Å². The molecule has 0 unspecified atom stereocenters. The number of hydrogen-bond acceptors (Lipinski definition) is 3. The fourth-order valence-corrected chi connectivity index (χ4v) is 2.17. The van der Waals surface area contributed by atoms with Crippen molar-refractivity contribution in [2.45, 2.75) is 26.7 Å². The summed E-state index contributed by atoms with van der Waals surface area (Å²) in [6.07, 6.45) is -0.313. The van der Waals surface area contributed by atoms with E-state index in [2.05, 4.69) is 10.6 Å². The van der Waals surface area contributed by atoms with Gasteiger partial charge in [0.05, 0.1) is 6.42 Å². The number of carbonyl (C=O) groups is 3. The number of amides is 2. The Morgan fingerprint density at radius 1 is 0.840 bits per heavy atom. The molecule has 0 aromatic heterocycles. The summed E-state index contributed by atoms with van der Waals surface area (Å²) in [6.45, 7) is 3.98. The Bertz CT molecular complexity index is 798. The van der Waals surface area contributed by atoms with Gasteiger partial charge >= 0.3 is 5.97 Å². The number of rotatable bonds is 6. The Labute approximate surface area is 145 Å². The van der Waals surface area contributed by atoms with Crippen LogP contribution in [0, 0.1) is 13.8 Å². The van der Waals surface area contributed by atoms with E-state index in [4.69, 9.17) is 5.11 Å². The predicted molar refractivity (Wildman–Crippen MR) is 95.8 cm³/mol. The summed E-state index contributed by atoms with van der Waals surface area (Å²) in [5.41, 5.74) is 3.94. The second kappa shape index (κ2) is 8.10. The number of aliphatic carboxylic acids is 1. The zero-order chi connectivity index (χ0) is 18.4. The first kappa shape index (κ1) is 18.2. The quantitative estimate of drug-likeness (QED) is 0.751. The highest BCUT2D eigenvalue weighted by atomic mass is 16.4. The minimum atomic E-state index is -1.02. The lowest BCUT2D eigenvalue weighted by Crippen LogP contribution is -2.14. The van der Waals surface area contributed by atoms with Gasteiger partial charge in [-0.15, -0.1) is 0 Å². The van der Waals surface area contributed by atoms with Gasteiger partial charge in [-0.05, 0) is 61.4 Å². The van der Waals surface area contributed by atoms with Gasteiger partial charge in [-0.3, -0.25) is 14.4 Å². The molecule has 2 amide bonds. The summed E-state index contributed by atoms with van der Waals surface area (Å²) in [4.78, 5) is 34.3. The van der Waals surface area contributed by atoms with Crippen LogP contribution < -0.4 is 10.6 Å². The number of anilines is 2. The van der Waals surface area contributed by atoms with Crippen LogP contribution in [0.2, 0.25) is 0 Å². The minimum absolute atomic E-state index is 0.0929. The van der Waals surface area contributed by atoms with Crippen LogP contribution in [0.25, 0.3) is 0 Å². The van der Waals surface area contributed by atoms with Crippen molar-refractivity contribution in [3.05, 3.63) is 59.2 Å². The van der Waals surface area contributed by atoms with E-state index < -0.39 is 5.97 Å². The molecule has 2 rings (SSSR count). The molecule has 6 heteroatoms. The largest absolute Gasteiger partial charge is 0.481 e. The second-order valence-electron chi connectivity index (χ2n) is 5.77. The molecule has 3 N–H and O–H groups in total. The standard InChI is InChI=1S/C19H20N2O4/c1-12-3-6-16(11-13(12)2)21-19(25)14-4-7-15(8-5-14)20-17(22)9-10-18(23)24/h3-8,11H,9-10H2,1-2H3,(H,20,22)(H,21,25)(H,23,24). The van der Waals surface area contributed by atoms with Crippen molar-refractivity contribution in [2.24, 2.45) is 0 Å². The van der Waals surface area contributed by atoms with E-state index in [-0.39, 0.29) is 24.7 Å². The first-order valence-corrected chi connectivity index (χ1v) is 7.85. The van der Waals surface area contributed by atoms with Crippen molar-refractivity contribution in [1.29, 1.82) is 0 Å². The zero-order valence-electron chi connectivity index (χ0n) is 14.1. The van der Waals surface area contributed by atoms with Gasteiger partial charge in [-0.25, -0.2) is 0 Å². The summed E-state index contributed by atoms with van der Waals surface area (Å²) in [5, 5.41) is 14.0. The molecule has 0 aliphatic carbocycles. The first-order valence-electron chi connectivity index (χ1n) is 7.85. The number of hydrogen-bond donors (Lipinski definition) is 3. The SMILES string of the molecule is Cc1ccc(NC(=O)c2ccc(NC(=O)CCC(=O)O)cc2)cc1C. The van der Waals surface area contributed by atoms with Gasteiger partial charge in [0.15, 0.2) is 0 Å². The van der Waals surface area contributed by atoms with E-state index >= 15 is 0 Å². The normalized spacial score (nSPS) is 10.2. The third kappa shape index (κ3) is 5.46. The summed E-state index contributed by atoms with van der Waals surface area (Å²) in [6, 6.07) is 12.1. The maximum atomic E-state index is 12.3. The van der Waals surface area contributed by atoms with Crippen molar-refractivity contribution < 1.29 is 19.5 Å². The Hall–Kier alpha value is -3.15. The maximum Gasteiger partial charge on any atom is 0.303 e. The topological polar surface area (TPSA) is 95.5 Å². The fourth-order valence-electron chi connectivity index (χ4n) is 2.17. The Kier molecular flexibility index (Phi) is 5.89. The van der Waals surface area contributed by atoms with Gasteiger partial charge in [-0.2, -0.15) is 0 Å². The van der Waals surface area contributed by atoms with Crippen LogP contribution in [0.1, 0.15) is 34.3 Å². The molecule has 0 bridgehead atoms. The van der Waals surface area contributed by atoms with Crippen molar-refractivity contribution in [1.82, 2.24) is 0 Å². The molecule has 6 nitrogen and oxygen atoms in total. The van der Waals surface area contributed by atoms with Crippen LogP contribution in [-0.4, -0.2) is 22.9 Å². The Morgan fingerprint density at radius 2 is 1.48 bits per heavy atom. The van der Waals surface area contributed by atoms with Gasteiger partial charge in [0.1, 0.15) is 0 Å². The highest BCUT2D eigenvalue weighted by Crippen LogP contribution is 2.16. The van der Waals surface area contributed by atoms with E-state index in [1.54, 1.807) is 24.3 Å². The number of carboxylic acid groups (broad SMARTS) is 1. The average molecular weight is 340 g/mol. The molecular formula is C19H20N2O4. The van der Waals surface area contributed by atoms with Crippen LogP contribution in [0.4, 0.5) is 11.4 Å². The molecule has 0 aliphatic rings. The summed E-state index contributed by atoms with van der Waals surface area (Å²) >= 11 is 0. The Balaban J connectivity index is 1.96. The first-order chi connectivity index (χ1) is 11.8. The third-order valence-electron chi connectivity index (χ3n) is 3.76. The summed E-state index contributed by atoms with van der Waals surface area (Å²) in [5.74, 6) is -1.64. The summed E-state index contributed by atoms with van der Waals surface area (Å²) < 4.78 is 0. The lowest BCUT2D eigenvalue weighted by atomic mass is 10.1. The number of benzene rings is 2. The molecule has 2 aromatic carbocycles. The van der Waals surface area contributed by atoms with Crippen LogP contribution in [0.15, 0.2) is 42.5 Å². The van der Waals surface area contributed by atoms with Gasteiger partial charge in [-0.1, -0.05) is 6.07 Å². The van der Waals surface area contributed by atoms with Crippen molar-refractivity contribution >= 4 is 29.2 Å². The van der Waals surface area contributed by atoms with Gasteiger partial charge < -0.3 is 15.7 Å². The molecule has 0 spiro atoms. The smallest absolute Gasteiger partial charge is 0.303 e. The predicted octanol–water partition coefficient (Wildman–Crippen LogP) is 3.36. The van der Waals surface area contributed by atoms with Crippen LogP contribution >= 0.6 is 0 Å². The number of carbonyl (C=O) groups excluding carboxylic acids is 2. The lowest BCUT2D eigenvalue weighted by molar-refractivity contribution is -0.138. The molecule has 0 aliphatic heterocycles.